The van der Waals surface area contributed by atoms with E-state index in [1.54, 1.807) is 0 Å². The van der Waals surface area contributed by atoms with Crippen molar-refractivity contribution >= 4 is 8.32 Å². The van der Waals surface area contributed by atoms with Crippen LogP contribution in [0, 0.1) is 0 Å². The van der Waals surface area contributed by atoms with Crippen LogP contribution in [0.25, 0.3) is 0 Å². The molecule has 26 heavy (non-hydrogen) atoms. The summed E-state index contributed by atoms with van der Waals surface area (Å²) in [7, 11) is -1.48. The maximum Gasteiger partial charge on any atom is 0.192 e. The summed E-state index contributed by atoms with van der Waals surface area (Å²) in [6.07, 6.45) is 19.0. The minimum Gasteiger partial charge on any atom is -0.414 e. The van der Waals surface area contributed by atoms with Gasteiger partial charge in [-0.25, -0.2) is 0 Å². The number of rotatable bonds is 19. The molecular formula is C23H48O2Si. The average molecular weight is 385 g/mol. The Morgan fingerprint density at radius 2 is 1.23 bits per heavy atom. The molecule has 1 rings (SSSR count). The van der Waals surface area contributed by atoms with Crippen molar-refractivity contribution in [3.63, 3.8) is 0 Å². The van der Waals surface area contributed by atoms with E-state index in [1.807, 2.05) is 0 Å². The SMILES string of the molecule is CCCCCCCCCCCCCC(CC1CO1)O[Si](CC)(CC)CC. The van der Waals surface area contributed by atoms with E-state index in [0.717, 1.165) is 13.0 Å². The first-order chi connectivity index (χ1) is 12.7. The molecule has 2 unspecified atom stereocenters. The third-order valence-electron chi connectivity index (χ3n) is 6.41. The van der Waals surface area contributed by atoms with Gasteiger partial charge in [0, 0.05) is 12.5 Å². The van der Waals surface area contributed by atoms with Gasteiger partial charge in [0.1, 0.15) is 0 Å². The van der Waals surface area contributed by atoms with Crippen molar-refractivity contribution in [3.05, 3.63) is 0 Å². The molecule has 0 aromatic rings. The molecule has 0 radical (unpaired) electrons. The van der Waals surface area contributed by atoms with E-state index in [0.29, 0.717) is 12.2 Å². The third-order valence-corrected chi connectivity index (χ3v) is 11.1. The Kier molecular flexibility index (Phi) is 14.0. The molecule has 2 nitrogen and oxygen atoms in total. The molecule has 0 N–H and O–H groups in total. The van der Waals surface area contributed by atoms with Gasteiger partial charge >= 0.3 is 0 Å². The Balaban J connectivity index is 2.10. The quantitative estimate of drug-likeness (QED) is 0.128. The largest absolute Gasteiger partial charge is 0.414 e. The fraction of sp³-hybridized carbons (Fsp3) is 1.00. The van der Waals surface area contributed by atoms with Crippen LogP contribution < -0.4 is 0 Å². The number of ether oxygens (including phenoxy) is 1. The van der Waals surface area contributed by atoms with Crippen molar-refractivity contribution in [2.45, 2.75) is 142 Å². The van der Waals surface area contributed by atoms with Gasteiger partial charge in [-0.3, -0.25) is 0 Å². The molecule has 1 saturated heterocycles. The number of unbranched alkanes of at least 4 members (excludes halogenated alkanes) is 10. The van der Waals surface area contributed by atoms with Crippen LogP contribution in [0.2, 0.25) is 18.1 Å². The summed E-state index contributed by atoms with van der Waals surface area (Å²) in [4.78, 5) is 0. The minimum atomic E-state index is -1.48. The molecule has 1 fully saturated rings. The lowest BCUT2D eigenvalue weighted by Crippen LogP contribution is -2.40. The van der Waals surface area contributed by atoms with Gasteiger partial charge in [-0.15, -0.1) is 0 Å². The van der Waals surface area contributed by atoms with Gasteiger partial charge < -0.3 is 9.16 Å². The molecule has 1 heterocycles. The zero-order valence-corrected chi connectivity index (χ0v) is 19.5. The van der Waals surface area contributed by atoms with E-state index in [9.17, 15) is 0 Å². The first-order valence-electron chi connectivity index (χ1n) is 12.0. The summed E-state index contributed by atoms with van der Waals surface area (Å²) in [5.41, 5.74) is 0. The molecular weight excluding hydrogens is 336 g/mol. The predicted molar refractivity (Wildman–Crippen MR) is 118 cm³/mol. The summed E-state index contributed by atoms with van der Waals surface area (Å²) in [6.45, 7) is 10.3. The Bertz CT molecular complexity index is 305. The monoisotopic (exact) mass is 384 g/mol. The minimum absolute atomic E-state index is 0.465. The smallest absolute Gasteiger partial charge is 0.192 e. The summed E-state index contributed by atoms with van der Waals surface area (Å²) in [6, 6.07) is 3.79. The molecule has 0 aliphatic carbocycles. The topological polar surface area (TPSA) is 21.8 Å². The second-order valence-electron chi connectivity index (χ2n) is 8.50. The first-order valence-corrected chi connectivity index (χ1v) is 14.5. The summed E-state index contributed by atoms with van der Waals surface area (Å²) in [5.74, 6) is 0. The normalized spacial score (nSPS) is 18.2. The van der Waals surface area contributed by atoms with Gasteiger partial charge in [0.15, 0.2) is 8.32 Å². The van der Waals surface area contributed by atoms with Crippen molar-refractivity contribution < 1.29 is 9.16 Å². The summed E-state index contributed by atoms with van der Waals surface area (Å²) in [5, 5.41) is 0. The molecule has 0 aromatic heterocycles. The zero-order valence-electron chi connectivity index (χ0n) is 18.5. The highest BCUT2D eigenvalue weighted by molar-refractivity contribution is 6.73. The van der Waals surface area contributed by atoms with Crippen molar-refractivity contribution in [3.8, 4) is 0 Å². The van der Waals surface area contributed by atoms with E-state index >= 15 is 0 Å². The molecule has 0 amide bonds. The van der Waals surface area contributed by atoms with Crippen LogP contribution in [0.15, 0.2) is 0 Å². The Morgan fingerprint density at radius 1 is 0.769 bits per heavy atom. The second kappa shape index (κ2) is 15.1. The summed E-state index contributed by atoms with van der Waals surface area (Å²) >= 11 is 0. The van der Waals surface area contributed by atoms with E-state index in [2.05, 4.69) is 27.7 Å². The van der Waals surface area contributed by atoms with E-state index in [-0.39, 0.29) is 0 Å². The summed E-state index contributed by atoms with van der Waals surface area (Å²) < 4.78 is 12.3. The number of hydrogen-bond donors (Lipinski definition) is 0. The molecule has 2 atom stereocenters. The van der Waals surface area contributed by atoms with Crippen molar-refractivity contribution in [2.75, 3.05) is 6.61 Å². The maximum atomic E-state index is 6.79. The molecule has 1 aliphatic heterocycles. The Morgan fingerprint density at radius 3 is 1.65 bits per heavy atom. The van der Waals surface area contributed by atoms with Gasteiger partial charge in [0.05, 0.1) is 12.7 Å². The van der Waals surface area contributed by atoms with Crippen LogP contribution in [0.1, 0.15) is 111 Å². The van der Waals surface area contributed by atoms with Crippen LogP contribution >= 0.6 is 0 Å². The van der Waals surface area contributed by atoms with Crippen molar-refractivity contribution in [2.24, 2.45) is 0 Å². The fourth-order valence-corrected chi connectivity index (χ4v) is 7.03. The van der Waals surface area contributed by atoms with Crippen LogP contribution in [0.5, 0.6) is 0 Å². The average Bonchev–Trinajstić information content (AvgIpc) is 3.48. The molecule has 156 valence electrons. The van der Waals surface area contributed by atoms with Crippen LogP contribution in [0.4, 0.5) is 0 Å². The zero-order chi connectivity index (χ0) is 19.1. The molecule has 0 spiro atoms. The van der Waals surface area contributed by atoms with Gasteiger partial charge in [-0.2, -0.15) is 0 Å². The lowest BCUT2D eigenvalue weighted by molar-refractivity contribution is 0.150. The molecule has 0 bridgehead atoms. The van der Waals surface area contributed by atoms with Crippen LogP contribution in [0.3, 0.4) is 0 Å². The predicted octanol–water partition coefficient (Wildman–Crippen LogP) is 7.87. The third kappa shape index (κ3) is 11.1. The van der Waals surface area contributed by atoms with Gasteiger partial charge in [-0.05, 0) is 24.6 Å². The number of epoxide rings is 1. The molecule has 1 aliphatic rings. The number of hydrogen-bond acceptors (Lipinski definition) is 2. The Hall–Kier alpha value is 0.137. The Labute approximate surface area is 165 Å². The molecule has 0 aromatic carbocycles. The standard InChI is InChI=1S/C23H48O2Si/c1-5-9-10-11-12-13-14-15-16-17-18-19-22(20-23-21-24-23)25-26(6-2,7-3)8-4/h22-23H,5-21H2,1-4H3. The van der Waals surface area contributed by atoms with Crippen molar-refractivity contribution in [1.82, 2.24) is 0 Å². The second-order valence-corrected chi connectivity index (χ2v) is 13.2. The van der Waals surface area contributed by atoms with Crippen molar-refractivity contribution in [1.29, 1.82) is 0 Å². The fourth-order valence-electron chi connectivity index (χ4n) is 4.11. The highest BCUT2D eigenvalue weighted by Crippen LogP contribution is 2.29. The highest BCUT2D eigenvalue weighted by Gasteiger charge is 2.34. The van der Waals surface area contributed by atoms with Gasteiger partial charge in [0.2, 0.25) is 0 Å². The van der Waals surface area contributed by atoms with Gasteiger partial charge in [0.25, 0.3) is 0 Å². The first kappa shape index (κ1) is 24.2. The van der Waals surface area contributed by atoms with Gasteiger partial charge in [-0.1, -0.05) is 98.3 Å². The highest BCUT2D eigenvalue weighted by atomic mass is 28.4. The lowest BCUT2D eigenvalue weighted by atomic mass is 10.0. The van der Waals surface area contributed by atoms with E-state index < -0.39 is 8.32 Å². The van der Waals surface area contributed by atoms with Crippen LogP contribution in [-0.4, -0.2) is 27.1 Å². The lowest BCUT2D eigenvalue weighted by Gasteiger charge is -2.33. The maximum absolute atomic E-state index is 6.79. The van der Waals surface area contributed by atoms with Crippen LogP contribution in [-0.2, 0) is 9.16 Å². The molecule has 0 saturated carbocycles. The van der Waals surface area contributed by atoms with E-state index in [4.69, 9.17) is 9.16 Å². The van der Waals surface area contributed by atoms with E-state index in [1.165, 1.54) is 95.2 Å². The molecule has 3 heteroatoms.